The molecule has 0 aliphatic carbocycles. The van der Waals surface area contributed by atoms with Crippen LogP contribution in [0.5, 0.6) is 0 Å². The molecule has 0 fully saturated rings. The Morgan fingerprint density at radius 2 is 1.73 bits per heavy atom. The van der Waals surface area contributed by atoms with E-state index in [0.29, 0.717) is 6.54 Å². The van der Waals surface area contributed by atoms with E-state index in [0.717, 1.165) is 33.3 Å². The molecule has 2 aromatic carbocycles. The Balaban J connectivity index is 1.50. The lowest BCUT2D eigenvalue weighted by Gasteiger charge is -2.06. The summed E-state index contributed by atoms with van der Waals surface area (Å²) in [6.45, 7) is 4.37. The zero-order chi connectivity index (χ0) is 18.5. The number of furan rings is 1. The van der Waals surface area contributed by atoms with Crippen molar-refractivity contribution in [2.45, 2.75) is 26.7 Å². The molecule has 0 aliphatic rings. The Morgan fingerprint density at radius 3 is 2.50 bits per heavy atom. The molecule has 5 heteroatoms. The molecule has 5 nitrogen and oxygen atoms in total. The van der Waals surface area contributed by atoms with E-state index in [1.54, 1.807) is 6.26 Å². The predicted molar refractivity (Wildman–Crippen MR) is 102 cm³/mol. The summed E-state index contributed by atoms with van der Waals surface area (Å²) in [4.78, 5) is 24.0. The third-order valence-electron chi connectivity index (χ3n) is 4.35. The van der Waals surface area contributed by atoms with Crippen molar-refractivity contribution in [3.05, 3.63) is 65.4 Å². The van der Waals surface area contributed by atoms with Gasteiger partial charge in [-0.05, 0) is 49.2 Å². The largest absolute Gasteiger partial charge is 0.464 e. The van der Waals surface area contributed by atoms with E-state index in [1.165, 1.54) is 0 Å². The Bertz CT molecular complexity index is 929. The predicted octanol–water partition coefficient (Wildman–Crippen LogP) is 3.74. The molecule has 0 saturated heterocycles. The van der Waals surface area contributed by atoms with E-state index in [-0.39, 0.29) is 24.7 Å². The van der Waals surface area contributed by atoms with Crippen molar-refractivity contribution >= 4 is 28.5 Å². The summed E-state index contributed by atoms with van der Waals surface area (Å²) >= 11 is 0. The number of para-hydroxylation sites is 1. The van der Waals surface area contributed by atoms with Crippen molar-refractivity contribution in [3.63, 3.8) is 0 Å². The smallest absolute Gasteiger partial charge is 0.226 e. The first-order valence-electron chi connectivity index (χ1n) is 8.62. The lowest BCUT2D eigenvalue weighted by Crippen LogP contribution is -2.28. The van der Waals surface area contributed by atoms with E-state index in [4.69, 9.17) is 4.42 Å². The maximum atomic E-state index is 12.2. The Kier molecular flexibility index (Phi) is 5.37. The summed E-state index contributed by atoms with van der Waals surface area (Å²) in [5, 5.41) is 6.54. The van der Waals surface area contributed by atoms with Gasteiger partial charge in [-0.1, -0.05) is 18.2 Å². The number of benzene rings is 2. The van der Waals surface area contributed by atoms with Gasteiger partial charge in [0.2, 0.25) is 11.8 Å². The van der Waals surface area contributed by atoms with Crippen molar-refractivity contribution in [1.82, 2.24) is 5.32 Å². The van der Waals surface area contributed by atoms with Gasteiger partial charge < -0.3 is 15.1 Å². The third-order valence-corrected chi connectivity index (χ3v) is 4.35. The molecule has 3 rings (SSSR count). The SMILES string of the molecule is Cc1cc2occ(CC(=O)NCCC(=O)Nc3ccccc3)c2cc1C. The van der Waals surface area contributed by atoms with Crippen LogP contribution in [0, 0.1) is 13.8 Å². The molecule has 0 atom stereocenters. The van der Waals surface area contributed by atoms with Crippen molar-refractivity contribution in [3.8, 4) is 0 Å². The number of amides is 2. The monoisotopic (exact) mass is 350 g/mol. The van der Waals surface area contributed by atoms with Gasteiger partial charge in [0.25, 0.3) is 0 Å². The number of carbonyl (C=O) groups excluding carboxylic acids is 2. The number of rotatable bonds is 6. The second-order valence-electron chi connectivity index (χ2n) is 6.38. The van der Waals surface area contributed by atoms with E-state index in [9.17, 15) is 9.59 Å². The minimum absolute atomic E-state index is 0.126. The summed E-state index contributed by atoms with van der Waals surface area (Å²) in [7, 11) is 0. The number of nitrogens with one attached hydrogen (secondary N) is 2. The Hall–Kier alpha value is -3.08. The second-order valence-corrected chi connectivity index (χ2v) is 6.38. The summed E-state index contributed by atoms with van der Waals surface area (Å²) in [5.74, 6) is -0.255. The van der Waals surface area contributed by atoms with Crippen LogP contribution in [0.3, 0.4) is 0 Å². The molecule has 26 heavy (non-hydrogen) atoms. The zero-order valence-corrected chi connectivity index (χ0v) is 15.0. The van der Waals surface area contributed by atoms with E-state index in [2.05, 4.69) is 10.6 Å². The number of carbonyl (C=O) groups is 2. The molecule has 0 aliphatic heterocycles. The maximum Gasteiger partial charge on any atom is 0.226 e. The van der Waals surface area contributed by atoms with E-state index < -0.39 is 0 Å². The molecule has 0 spiro atoms. The fraction of sp³-hybridized carbons (Fsp3) is 0.238. The molecule has 2 N–H and O–H groups in total. The van der Waals surface area contributed by atoms with Gasteiger partial charge >= 0.3 is 0 Å². The number of hydrogen-bond donors (Lipinski definition) is 2. The van der Waals surface area contributed by atoms with Gasteiger partial charge in [0, 0.05) is 29.6 Å². The van der Waals surface area contributed by atoms with Gasteiger partial charge in [-0.15, -0.1) is 0 Å². The van der Waals surface area contributed by atoms with Crippen LogP contribution in [0.2, 0.25) is 0 Å². The number of anilines is 1. The van der Waals surface area contributed by atoms with Crippen LogP contribution in [0.4, 0.5) is 5.69 Å². The Labute approximate surface area is 152 Å². The normalized spacial score (nSPS) is 10.7. The molecule has 0 radical (unpaired) electrons. The van der Waals surface area contributed by atoms with E-state index in [1.807, 2.05) is 56.3 Å². The first kappa shape index (κ1) is 17.7. The first-order valence-corrected chi connectivity index (χ1v) is 8.62. The molecule has 0 unspecified atom stereocenters. The molecular weight excluding hydrogens is 328 g/mol. The van der Waals surface area contributed by atoms with Crippen molar-refractivity contribution < 1.29 is 14.0 Å². The zero-order valence-electron chi connectivity index (χ0n) is 15.0. The summed E-state index contributed by atoms with van der Waals surface area (Å²) in [5.41, 5.74) is 4.72. The van der Waals surface area contributed by atoms with Crippen LogP contribution in [0.1, 0.15) is 23.1 Å². The first-order chi connectivity index (χ1) is 12.5. The van der Waals surface area contributed by atoms with Crippen LogP contribution in [0.15, 0.2) is 53.1 Å². The second kappa shape index (κ2) is 7.87. The summed E-state index contributed by atoms with van der Waals surface area (Å²) in [6, 6.07) is 13.3. The highest BCUT2D eigenvalue weighted by Gasteiger charge is 2.12. The standard InChI is InChI=1S/C21H22N2O3/c1-14-10-18-16(13-26-19(18)11-15(14)2)12-21(25)22-9-8-20(24)23-17-6-4-3-5-7-17/h3-7,10-11,13H,8-9,12H2,1-2H3,(H,22,25)(H,23,24). The molecule has 3 aromatic rings. The molecular formula is C21H22N2O3. The van der Waals surface area contributed by atoms with Gasteiger partial charge in [0.1, 0.15) is 5.58 Å². The highest BCUT2D eigenvalue weighted by molar-refractivity contribution is 5.91. The van der Waals surface area contributed by atoms with E-state index >= 15 is 0 Å². The number of hydrogen-bond acceptors (Lipinski definition) is 3. The van der Waals surface area contributed by atoms with Crippen molar-refractivity contribution in [2.24, 2.45) is 0 Å². The van der Waals surface area contributed by atoms with Crippen LogP contribution in [-0.4, -0.2) is 18.4 Å². The minimum Gasteiger partial charge on any atom is -0.464 e. The average molecular weight is 350 g/mol. The van der Waals surface area contributed by atoms with Crippen LogP contribution in [-0.2, 0) is 16.0 Å². The lowest BCUT2D eigenvalue weighted by molar-refractivity contribution is -0.120. The molecule has 1 heterocycles. The average Bonchev–Trinajstić information content (AvgIpc) is 2.98. The van der Waals surface area contributed by atoms with Gasteiger partial charge in [-0.3, -0.25) is 9.59 Å². The minimum atomic E-state index is -0.128. The molecule has 2 amide bonds. The molecule has 1 aromatic heterocycles. The Morgan fingerprint density at radius 1 is 1.00 bits per heavy atom. The number of fused-ring (bicyclic) bond motifs is 1. The molecule has 134 valence electrons. The highest BCUT2D eigenvalue weighted by Crippen LogP contribution is 2.25. The molecule has 0 saturated carbocycles. The van der Waals surface area contributed by atoms with Gasteiger partial charge in [-0.2, -0.15) is 0 Å². The number of aryl methyl sites for hydroxylation is 2. The van der Waals surface area contributed by atoms with Gasteiger partial charge in [0.15, 0.2) is 0 Å². The van der Waals surface area contributed by atoms with Gasteiger partial charge in [-0.25, -0.2) is 0 Å². The lowest BCUT2D eigenvalue weighted by atomic mass is 10.0. The van der Waals surface area contributed by atoms with Gasteiger partial charge in [0.05, 0.1) is 12.7 Å². The summed E-state index contributed by atoms with van der Waals surface area (Å²) in [6.07, 6.45) is 2.09. The molecule has 0 bridgehead atoms. The van der Waals surface area contributed by atoms with Crippen molar-refractivity contribution in [1.29, 1.82) is 0 Å². The fourth-order valence-corrected chi connectivity index (χ4v) is 2.77. The maximum absolute atomic E-state index is 12.2. The summed E-state index contributed by atoms with van der Waals surface area (Å²) < 4.78 is 5.55. The third kappa shape index (κ3) is 4.30. The van der Waals surface area contributed by atoms with Crippen LogP contribution >= 0.6 is 0 Å². The van der Waals surface area contributed by atoms with Crippen LogP contribution in [0.25, 0.3) is 11.0 Å². The topological polar surface area (TPSA) is 71.3 Å². The highest BCUT2D eigenvalue weighted by atomic mass is 16.3. The van der Waals surface area contributed by atoms with Crippen LogP contribution < -0.4 is 10.6 Å². The van der Waals surface area contributed by atoms with Crippen molar-refractivity contribution in [2.75, 3.05) is 11.9 Å². The fourth-order valence-electron chi connectivity index (χ4n) is 2.77. The quantitative estimate of drug-likeness (QED) is 0.711.